The summed E-state index contributed by atoms with van der Waals surface area (Å²) < 4.78 is 0. The number of benzene rings is 2. The van der Waals surface area contributed by atoms with Gasteiger partial charge in [0.25, 0.3) is 5.91 Å². The molecule has 7 heteroatoms. The Labute approximate surface area is 216 Å². The van der Waals surface area contributed by atoms with Gasteiger partial charge in [0.2, 0.25) is 5.95 Å². The number of rotatable bonds is 7. The van der Waals surface area contributed by atoms with E-state index in [1.807, 2.05) is 48.6 Å². The lowest BCUT2D eigenvalue weighted by Crippen LogP contribution is -2.34. The van der Waals surface area contributed by atoms with Gasteiger partial charge in [-0.3, -0.25) is 4.79 Å². The number of amides is 1. The molecule has 0 unspecified atom stereocenters. The van der Waals surface area contributed by atoms with Crippen molar-refractivity contribution in [3.05, 3.63) is 71.1 Å². The van der Waals surface area contributed by atoms with Gasteiger partial charge in [0.1, 0.15) is 5.82 Å². The number of fused-ring (bicyclic) bond motifs is 1. The van der Waals surface area contributed by atoms with Gasteiger partial charge < -0.3 is 15.5 Å². The van der Waals surface area contributed by atoms with E-state index in [9.17, 15) is 4.79 Å². The Kier molecular flexibility index (Phi) is 7.18. The second-order valence-corrected chi connectivity index (χ2v) is 10.8. The third-order valence-corrected chi connectivity index (χ3v) is 7.91. The lowest BCUT2D eigenvalue weighted by molar-refractivity contribution is 0.0943. The first-order valence-corrected chi connectivity index (χ1v) is 13.5. The van der Waals surface area contributed by atoms with Crippen LogP contribution in [0.1, 0.15) is 41.6 Å². The molecule has 1 aliphatic carbocycles. The second kappa shape index (κ2) is 10.7. The molecule has 2 heterocycles. The Morgan fingerprint density at radius 1 is 1.03 bits per heavy atom. The van der Waals surface area contributed by atoms with E-state index in [0.29, 0.717) is 17.9 Å². The highest BCUT2D eigenvalue weighted by Crippen LogP contribution is 2.29. The Morgan fingerprint density at radius 3 is 2.53 bits per heavy atom. The van der Waals surface area contributed by atoms with E-state index in [4.69, 9.17) is 9.97 Å². The lowest BCUT2D eigenvalue weighted by Gasteiger charge is -2.29. The van der Waals surface area contributed by atoms with E-state index in [1.54, 1.807) is 11.3 Å². The summed E-state index contributed by atoms with van der Waals surface area (Å²) in [6.45, 7) is 2.80. The molecule has 0 atom stereocenters. The molecule has 0 bridgehead atoms. The number of nitrogens with one attached hydrogen (secondary N) is 2. The molecule has 4 aromatic rings. The Morgan fingerprint density at radius 2 is 1.78 bits per heavy atom. The molecule has 2 aromatic heterocycles. The molecule has 36 heavy (non-hydrogen) atoms. The smallest absolute Gasteiger partial charge is 0.252 e. The first-order valence-electron chi connectivity index (χ1n) is 12.6. The molecule has 0 spiro atoms. The van der Waals surface area contributed by atoms with Crippen LogP contribution in [0.4, 0.5) is 11.8 Å². The summed E-state index contributed by atoms with van der Waals surface area (Å²) in [5.74, 6) is 2.14. The van der Waals surface area contributed by atoms with E-state index in [-0.39, 0.29) is 5.91 Å². The fraction of sp³-hybridized carbons (Fsp3) is 0.345. The molecule has 1 fully saturated rings. The number of para-hydroxylation sites is 1. The van der Waals surface area contributed by atoms with Crippen molar-refractivity contribution in [2.24, 2.45) is 5.92 Å². The third-order valence-electron chi connectivity index (χ3n) is 6.94. The fourth-order valence-electron chi connectivity index (χ4n) is 4.82. The van der Waals surface area contributed by atoms with Gasteiger partial charge >= 0.3 is 0 Å². The van der Waals surface area contributed by atoms with E-state index in [1.165, 1.54) is 5.56 Å². The van der Waals surface area contributed by atoms with Gasteiger partial charge in [-0.1, -0.05) is 42.0 Å². The quantitative estimate of drug-likeness (QED) is 0.320. The van der Waals surface area contributed by atoms with Crippen LogP contribution < -0.4 is 15.5 Å². The minimum atomic E-state index is 0.0191. The number of aromatic nitrogens is 2. The van der Waals surface area contributed by atoms with Crippen molar-refractivity contribution in [3.63, 3.8) is 0 Å². The molecule has 1 amide bonds. The van der Waals surface area contributed by atoms with Crippen LogP contribution in [0.5, 0.6) is 0 Å². The van der Waals surface area contributed by atoms with E-state index in [0.717, 1.165) is 65.0 Å². The first-order chi connectivity index (χ1) is 17.5. The average Bonchev–Trinajstić information content (AvgIpc) is 3.38. The normalized spacial score (nSPS) is 17.6. The molecule has 2 N–H and O–H groups in total. The zero-order valence-corrected chi connectivity index (χ0v) is 21.9. The number of thiophene rings is 1. The number of nitrogens with zero attached hydrogens (tertiary/aromatic N) is 3. The zero-order valence-electron chi connectivity index (χ0n) is 21.1. The highest BCUT2D eigenvalue weighted by Gasteiger charge is 2.23. The number of aryl methyl sites for hydroxylation is 1. The summed E-state index contributed by atoms with van der Waals surface area (Å²) in [5, 5.41) is 9.75. The number of hydrogen-bond donors (Lipinski definition) is 2. The number of hydrogen-bond acceptors (Lipinski definition) is 6. The highest BCUT2D eigenvalue weighted by atomic mass is 32.1. The van der Waals surface area contributed by atoms with Crippen LogP contribution in [-0.4, -0.2) is 42.6 Å². The summed E-state index contributed by atoms with van der Waals surface area (Å²) in [6, 6.07) is 18.9. The van der Waals surface area contributed by atoms with Crippen molar-refractivity contribution in [2.45, 2.75) is 38.6 Å². The topological polar surface area (TPSA) is 70.2 Å². The van der Waals surface area contributed by atoms with Crippen molar-refractivity contribution < 1.29 is 4.79 Å². The van der Waals surface area contributed by atoms with Crippen molar-refractivity contribution in [1.82, 2.24) is 15.3 Å². The van der Waals surface area contributed by atoms with Gasteiger partial charge in [-0.25, -0.2) is 4.98 Å². The second-order valence-electron chi connectivity index (χ2n) is 9.92. The highest BCUT2D eigenvalue weighted by molar-refractivity contribution is 7.13. The third kappa shape index (κ3) is 5.51. The summed E-state index contributed by atoms with van der Waals surface area (Å²) in [5.41, 5.74) is 4.09. The molecule has 5 rings (SSSR count). The van der Waals surface area contributed by atoms with Gasteiger partial charge in [0, 0.05) is 42.3 Å². The standard InChI is InChI=1S/C29H33N5OS/c1-19-8-12-21(13-9-19)26-16-22(18-36-26)28(35)30-17-20-10-14-23(15-11-20)31-29-32-25-7-5-4-6-24(25)27(33-29)34(2)3/h4-9,12-13,16,18,20,23H,10-11,14-15,17H2,1-3H3,(H,30,35)(H,31,32,33)/t20-,23+. The molecule has 0 radical (unpaired) electrons. The van der Waals surface area contributed by atoms with Crippen LogP contribution in [0.25, 0.3) is 21.3 Å². The summed E-state index contributed by atoms with van der Waals surface area (Å²) in [6.07, 6.45) is 4.24. The van der Waals surface area contributed by atoms with Crippen LogP contribution in [0.3, 0.4) is 0 Å². The van der Waals surface area contributed by atoms with Gasteiger partial charge in [-0.15, -0.1) is 11.3 Å². The van der Waals surface area contributed by atoms with E-state index >= 15 is 0 Å². The molecule has 0 saturated heterocycles. The number of carbonyl (C=O) groups excluding carboxylic acids is 1. The van der Waals surface area contributed by atoms with Gasteiger partial charge in [0.15, 0.2) is 0 Å². The van der Waals surface area contributed by atoms with Crippen molar-refractivity contribution >= 4 is 39.9 Å². The molecular formula is C29H33N5OS. The zero-order chi connectivity index (χ0) is 25.1. The maximum Gasteiger partial charge on any atom is 0.252 e. The van der Waals surface area contributed by atoms with Gasteiger partial charge in [-0.05, 0) is 62.3 Å². The molecule has 1 aliphatic rings. The fourth-order valence-corrected chi connectivity index (χ4v) is 5.72. The molecule has 6 nitrogen and oxygen atoms in total. The van der Waals surface area contributed by atoms with Gasteiger partial charge in [0.05, 0.1) is 11.1 Å². The number of anilines is 2. The number of carbonyl (C=O) groups is 1. The largest absolute Gasteiger partial charge is 0.362 e. The van der Waals surface area contributed by atoms with Crippen LogP contribution in [0, 0.1) is 12.8 Å². The van der Waals surface area contributed by atoms with Crippen molar-refractivity contribution in [1.29, 1.82) is 0 Å². The summed E-state index contributed by atoms with van der Waals surface area (Å²) in [7, 11) is 4.02. The van der Waals surface area contributed by atoms with Crippen molar-refractivity contribution in [3.8, 4) is 10.4 Å². The lowest BCUT2D eigenvalue weighted by atomic mass is 9.86. The SMILES string of the molecule is Cc1ccc(-c2cc(C(=O)NC[C@H]3CC[C@@H](Nc4nc(N(C)C)c5ccccc5n4)CC3)cs2)cc1. The van der Waals surface area contributed by atoms with Crippen LogP contribution in [0.2, 0.25) is 0 Å². The van der Waals surface area contributed by atoms with Gasteiger partial charge in [-0.2, -0.15) is 4.98 Å². The summed E-state index contributed by atoms with van der Waals surface area (Å²) in [4.78, 5) is 25.4. The summed E-state index contributed by atoms with van der Waals surface area (Å²) >= 11 is 1.62. The predicted molar refractivity (Wildman–Crippen MR) is 150 cm³/mol. The minimum absolute atomic E-state index is 0.0191. The monoisotopic (exact) mass is 499 g/mol. The van der Waals surface area contributed by atoms with Crippen LogP contribution >= 0.6 is 11.3 Å². The Balaban J connectivity index is 1.13. The van der Waals surface area contributed by atoms with Crippen LogP contribution in [-0.2, 0) is 0 Å². The Hall–Kier alpha value is -3.45. The van der Waals surface area contributed by atoms with E-state index < -0.39 is 0 Å². The van der Waals surface area contributed by atoms with E-state index in [2.05, 4.69) is 47.9 Å². The van der Waals surface area contributed by atoms with Crippen molar-refractivity contribution in [2.75, 3.05) is 30.9 Å². The Bertz CT molecular complexity index is 1340. The van der Waals surface area contributed by atoms with Crippen LogP contribution in [0.15, 0.2) is 60.0 Å². The first kappa shape index (κ1) is 24.3. The maximum atomic E-state index is 12.7. The molecule has 1 saturated carbocycles. The maximum absolute atomic E-state index is 12.7. The average molecular weight is 500 g/mol. The molecule has 0 aliphatic heterocycles. The minimum Gasteiger partial charge on any atom is -0.362 e. The molecule has 186 valence electrons. The predicted octanol–water partition coefficient (Wildman–Crippen LogP) is 6.13. The molecular weight excluding hydrogens is 466 g/mol. The molecule has 2 aromatic carbocycles.